The fourth-order valence-corrected chi connectivity index (χ4v) is 5.74. The van der Waals surface area contributed by atoms with Crippen molar-refractivity contribution in [1.29, 1.82) is 0 Å². The average molecular weight is 293 g/mol. The van der Waals surface area contributed by atoms with Crippen molar-refractivity contribution in [1.82, 2.24) is 4.72 Å². The Hall–Kier alpha value is -0.910. The van der Waals surface area contributed by atoms with Crippen molar-refractivity contribution in [2.24, 2.45) is 11.3 Å². The van der Waals surface area contributed by atoms with E-state index in [1.807, 2.05) is 6.07 Å². The predicted molar refractivity (Wildman–Crippen MR) is 75.4 cm³/mol. The van der Waals surface area contributed by atoms with Gasteiger partial charge in [-0.3, -0.25) is 4.18 Å². The van der Waals surface area contributed by atoms with Crippen LogP contribution < -0.4 is 4.72 Å². The van der Waals surface area contributed by atoms with Crippen LogP contribution in [0.2, 0.25) is 0 Å². The lowest BCUT2D eigenvalue weighted by Gasteiger charge is -2.29. The van der Waals surface area contributed by atoms with Crippen LogP contribution in [0.3, 0.4) is 0 Å². The molecular formula is C15H19NO3S. The van der Waals surface area contributed by atoms with Crippen LogP contribution >= 0.6 is 0 Å². The van der Waals surface area contributed by atoms with Gasteiger partial charge >= 0.3 is 10.3 Å². The first-order valence-corrected chi connectivity index (χ1v) is 8.76. The number of rotatable bonds is 1. The number of benzene rings is 1. The zero-order valence-electron chi connectivity index (χ0n) is 11.3. The molecule has 2 aliphatic carbocycles. The van der Waals surface area contributed by atoms with Gasteiger partial charge in [-0.2, -0.15) is 13.1 Å². The summed E-state index contributed by atoms with van der Waals surface area (Å²) in [5.41, 5.74) is 1.44. The van der Waals surface area contributed by atoms with Gasteiger partial charge in [0.2, 0.25) is 0 Å². The van der Waals surface area contributed by atoms with E-state index in [2.05, 4.69) is 29.0 Å². The smallest absolute Gasteiger partial charge is 0.258 e. The Kier molecular flexibility index (Phi) is 2.75. The van der Waals surface area contributed by atoms with Gasteiger partial charge in [0.15, 0.2) is 0 Å². The van der Waals surface area contributed by atoms with Gasteiger partial charge in [0.1, 0.15) is 0 Å². The second kappa shape index (κ2) is 4.29. The summed E-state index contributed by atoms with van der Waals surface area (Å²) in [6.45, 7) is 0.311. The molecule has 1 aliphatic heterocycles. The maximum atomic E-state index is 11.8. The van der Waals surface area contributed by atoms with Gasteiger partial charge in [0, 0.05) is 6.04 Å². The summed E-state index contributed by atoms with van der Waals surface area (Å²) in [4.78, 5) is 0. The Morgan fingerprint density at radius 3 is 2.80 bits per heavy atom. The normalized spacial score (nSPS) is 42.1. The first-order chi connectivity index (χ1) is 9.63. The van der Waals surface area contributed by atoms with E-state index in [4.69, 9.17) is 4.18 Å². The summed E-state index contributed by atoms with van der Waals surface area (Å²) in [5, 5.41) is 0. The molecule has 0 unspecified atom stereocenters. The predicted octanol–water partition coefficient (Wildman–Crippen LogP) is 2.19. The molecule has 20 heavy (non-hydrogen) atoms. The standard InChI is InChI=1S/C15H19NO3S/c17-20(18)16-13-8-4-7-12-14(11-5-2-1-3-6-11)15(12,13)9-10-19-20/h1-3,5-6,12-14,16H,4,7-10H2/t12-,13-,14+,15+/m0/s1. The molecule has 3 fully saturated rings. The van der Waals surface area contributed by atoms with Crippen LogP contribution in [0.4, 0.5) is 0 Å². The maximum absolute atomic E-state index is 11.8. The lowest BCUT2D eigenvalue weighted by Crippen LogP contribution is -2.42. The van der Waals surface area contributed by atoms with Crippen LogP contribution in [-0.4, -0.2) is 21.1 Å². The van der Waals surface area contributed by atoms with Crippen molar-refractivity contribution >= 4 is 10.3 Å². The summed E-state index contributed by atoms with van der Waals surface area (Å²) in [7, 11) is -3.56. The molecule has 1 aromatic rings. The molecule has 4 nitrogen and oxygen atoms in total. The second-order valence-electron chi connectivity index (χ2n) is 6.23. The molecule has 1 spiro atoms. The van der Waals surface area contributed by atoms with E-state index in [1.165, 1.54) is 12.0 Å². The van der Waals surface area contributed by atoms with Gasteiger partial charge in [-0.1, -0.05) is 36.8 Å². The number of hydrogen-bond acceptors (Lipinski definition) is 3. The zero-order valence-corrected chi connectivity index (χ0v) is 12.1. The van der Waals surface area contributed by atoms with E-state index in [1.54, 1.807) is 0 Å². The fourth-order valence-electron chi connectivity index (χ4n) is 4.68. The lowest BCUT2D eigenvalue weighted by atomic mass is 9.81. The highest BCUT2D eigenvalue weighted by Gasteiger charge is 2.69. The van der Waals surface area contributed by atoms with Crippen molar-refractivity contribution in [3.05, 3.63) is 35.9 Å². The Morgan fingerprint density at radius 1 is 1.20 bits per heavy atom. The molecule has 1 aromatic carbocycles. The van der Waals surface area contributed by atoms with Crippen LogP contribution in [0.5, 0.6) is 0 Å². The fraction of sp³-hybridized carbons (Fsp3) is 0.600. The van der Waals surface area contributed by atoms with Gasteiger partial charge in [0.25, 0.3) is 0 Å². The highest BCUT2D eigenvalue weighted by atomic mass is 32.2. The third-order valence-electron chi connectivity index (χ3n) is 5.44. The lowest BCUT2D eigenvalue weighted by molar-refractivity contribution is 0.232. The molecule has 4 rings (SSSR count). The van der Waals surface area contributed by atoms with Crippen LogP contribution in [0, 0.1) is 11.3 Å². The van der Waals surface area contributed by atoms with Gasteiger partial charge in [-0.05, 0) is 42.1 Å². The summed E-state index contributed by atoms with van der Waals surface area (Å²) in [6, 6.07) is 10.6. The van der Waals surface area contributed by atoms with Crippen molar-refractivity contribution in [3.8, 4) is 0 Å². The molecule has 1 saturated heterocycles. The third-order valence-corrected chi connectivity index (χ3v) is 6.49. The van der Waals surface area contributed by atoms with E-state index in [-0.39, 0.29) is 11.5 Å². The molecule has 108 valence electrons. The van der Waals surface area contributed by atoms with Crippen LogP contribution in [0.15, 0.2) is 30.3 Å². The average Bonchev–Trinajstić information content (AvgIpc) is 3.11. The summed E-state index contributed by atoms with van der Waals surface area (Å²) < 4.78 is 31.4. The highest BCUT2D eigenvalue weighted by molar-refractivity contribution is 7.84. The first-order valence-electron chi connectivity index (χ1n) is 7.35. The van der Waals surface area contributed by atoms with Gasteiger partial charge in [-0.15, -0.1) is 0 Å². The Labute approximate surface area is 119 Å². The molecule has 0 bridgehead atoms. The molecular weight excluding hydrogens is 274 g/mol. The first kappa shape index (κ1) is 12.8. The second-order valence-corrected chi connectivity index (χ2v) is 7.61. The van der Waals surface area contributed by atoms with Crippen molar-refractivity contribution in [2.45, 2.75) is 37.6 Å². The topological polar surface area (TPSA) is 55.4 Å². The summed E-state index contributed by atoms with van der Waals surface area (Å²) in [6.07, 6.45) is 4.08. The number of nitrogens with one attached hydrogen (secondary N) is 1. The van der Waals surface area contributed by atoms with Gasteiger partial charge < -0.3 is 0 Å². The van der Waals surface area contributed by atoms with Crippen molar-refractivity contribution in [3.63, 3.8) is 0 Å². The minimum atomic E-state index is -3.56. The van der Waals surface area contributed by atoms with E-state index in [0.717, 1.165) is 19.3 Å². The zero-order chi connectivity index (χ0) is 13.8. The van der Waals surface area contributed by atoms with E-state index >= 15 is 0 Å². The van der Waals surface area contributed by atoms with Crippen molar-refractivity contribution in [2.75, 3.05) is 6.61 Å². The molecule has 1 N–H and O–H groups in total. The quantitative estimate of drug-likeness (QED) is 0.863. The van der Waals surface area contributed by atoms with Crippen molar-refractivity contribution < 1.29 is 12.6 Å². The molecule has 4 atom stereocenters. The van der Waals surface area contributed by atoms with E-state index in [9.17, 15) is 8.42 Å². The minimum absolute atomic E-state index is 0.0407. The van der Waals surface area contributed by atoms with Crippen LogP contribution in [-0.2, 0) is 14.5 Å². The Morgan fingerprint density at radius 2 is 2.00 bits per heavy atom. The van der Waals surface area contributed by atoms with E-state index < -0.39 is 10.3 Å². The van der Waals surface area contributed by atoms with Crippen LogP contribution in [0.25, 0.3) is 0 Å². The monoisotopic (exact) mass is 293 g/mol. The molecule has 0 aromatic heterocycles. The molecule has 3 aliphatic rings. The van der Waals surface area contributed by atoms with Gasteiger partial charge in [-0.25, -0.2) is 0 Å². The number of hydrogen-bond donors (Lipinski definition) is 1. The maximum Gasteiger partial charge on any atom is 0.336 e. The summed E-state index contributed by atoms with van der Waals surface area (Å²) >= 11 is 0. The Balaban J connectivity index is 1.72. The van der Waals surface area contributed by atoms with Crippen LogP contribution in [0.1, 0.15) is 37.2 Å². The van der Waals surface area contributed by atoms with Gasteiger partial charge in [0.05, 0.1) is 6.61 Å². The SMILES string of the molecule is O=S1(=O)N[C@H]2CCC[C@H]3[C@@H](c4ccccc4)[C@@]23CCO1. The third kappa shape index (κ3) is 1.76. The molecule has 2 saturated carbocycles. The molecule has 1 heterocycles. The molecule has 5 heteroatoms. The highest BCUT2D eigenvalue weighted by Crippen LogP contribution is 2.73. The molecule has 0 amide bonds. The minimum Gasteiger partial charge on any atom is -0.258 e. The summed E-state index contributed by atoms with van der Waals surface area (Å²) in [5.74, 6) is 1.09. The Bertz CT molecular complexity index is 615. The largest absolute Gasteiger partial charge is 0.336 e. The van der Waals surface area contributed by atoms with E-state index in [0.29, 0.717) is 18.4 Å². The molecule has 0 radical (unpaired) electrons.